The van der Waals surface area contributed by atoms with Gasteiger partial charge in [0.25, 0.3) is 0 Å². The van der Waals surface area contributed by atoms with E-state index in [1.54, 1.807) is 18.3 Å². The molecule has 0 atom stereocenters. The van der Waals surface area contributed by atoms with E-state index in [0.717, 1.165) is 22.6 Å². The van der Waals surface area contributed by atoms with E-state index in [9.17, 15) is 9.18 Å². The van der Waals surface area contributed by atoms with Crippen molar-refractivity contribution < 1.29 is 9.18 Å². The number of nitrogens with one attached hydrogen (secondary N) is 1. The van der Waals surface area contributed by atoms with Crippen LogP contribution in [0.15, 0.2) is 35.4 Å². The lowest BCUT2D eigenvalue weighted by Gasteiger charge is -2.09. The summed E-state index contributed by atoms with van der Waals surface area (Å²) >= 11 is 0. The molecule has 0 unspecified atom stereocenters. The Morgan fingerprint density at radius 1 is 1.30 bits per heavy atom. The molecule has 0 fully saturated rings. The fraction of sp³-hybridized carbons (Fsp3) is 0.333. The SMILES string of the molecule is Cc1cc(/C=N\NC(=O)CC(C)C)c(C)n1-c1ccc(F)cc1. The number of aryl methyl sites for hydroxylation is 1. The summed E-state index contributed by atoms with van der Waals surface area (Å²) in [5, 5.41) is 4.02. The second-order valence-corrected chi connectivity index (χ2v) is 6.03. The van der Waals surface area contributed by atoms with E-state index in [1.165, 1.54) is 12.1 Å². The van der Waals surface area contributed by atoms with Crippen LogP contribution in [0.3, 0.4) is 0 Å². The first-order valence-corrected chi connectivity index (χ1v) is 7.65. The number of hydrazone groups is 1. The number of carbonyl (C=O) groups is 1. The molecule has 122 valence electrons. The summed E-state index contributed by atoms with van der Waals surface area (Å²) in [5.41, 5.74) is 6.34. The van der Waals surface area contributed by atoms with Crippen LogP contribution in [0.2, 0.25) is 0 Å². The molecule has 1 amide bonds. The molecule has 0 saturated carbocycles. The number of amides is 1. The van der Waals surface area contributed by atoms with E-state index in [4.69, 9.17) is 0 Å². The highest BCUT2D eigenvalue weighted by atomic mass is 19.1. The Morgan fingerprint density at radius 2 is 1.96 bits per heavy atom. The van der Waals surface area contributed by atoms with E-state index < -0.39 is 0 Å². The zero-order chi connectivity index (χ0) is 17.0. The minimum atomic E-state index is -0.258. The normalized spacial score (nSPS) is 11.4. The lowest BCUT2D eigenvalue weighted by atomic mass is 10.1. The quantitative estimate of drug-likeness (QED) is 0.663. The van der Waals surface area contributed by atoms with Gasteiger partial charge in [-0.2, -0.15) is 5.10 Å². The molecule has 0 spiro atoms. The Hall–Kier alpha value is -2.43. The average Bonchev–Trinajstić information content (AvgIpc) is 2.74. The molecule has 0 aliphatic carbocycles. The first kappa shape index (κ1) is 16.9. The Bertz CT molecular complexity index is 715. The minimum Gasteiger partial charge on any atom is -0.318 e. The van der Waals surface area contributed by atoms with Crippen LogP contribution >= 0.6 is 0 Å². The molecule has 4 nitrogen and oxygen atoms in total. The summed E-state index contributed by atoms with van der Waals surface area (Å²) in [6, 6.07) is 8.33. The maximum Gasteiger partial charge on any atom is 0.240 e. The van der Waals surface area contributed by atoms with Gasteiger partial charge < -0.3 is 4.57 Å². The van der Waals surface area contributed by atoms with Crippen molar-refractivity contribution in [3.8, 4) is 5.69 Å². The van der Waals surface area contributed by atoms with Crippen LogP contribution < -0.4 is 5.43 Å². The van der Waals surface area contributed by atoms with Gasteiger partial charge in [0, 0.05) is 29.1 Å². The molecule has 0 aliphatic rings. The Balaban J connectivity index is 2.17. The summed E-state index contributed by atoms with van der Waals surface area (Å²) in [6.07, 6.45) is 2.09. The van der Waals surface area contributed by atoms with Crippen LogP contribution in [-0.2, 0) is 4.79 Å². The van der Waals surface area contributed by atoms with Crippen molar-refractivity contribution >= 4 is 12.1 Å². The molecule has 1 aromatic heterocycles. The van der Waals surface area contributed by atoms with Crippen molar-refractivity contribution in [1.29, 1.82) is 0 Å². The summed E-state index contributed by atoms with van der Waals surface area (Å²) < 4.78 is 15.1. The van der Waals surface area contributed by atoms with Gasteiger partial charge in [0.15, 0.2) is 0 Å². The van der Waals surface area contributed by atoms with E-state index in [0.29, 0.717) is 12.3 Å². The van der Waals surface area contributed by atoms with E-state index in [2.05, 4.69) is 10.5 Å². The number of hydrogen-bond donors (Lipinski definition) is 1. The predicted octanol–water partition coefficient (Wildman–Crippen LogP) is 3.73. The van der Waals surface area contributed by atoms with Gasteiger partial charge in [-0.1, -0.05) is 13.8 Å². The molecule has 0 aliphatic heterocycles. The van der Waals surface area contributed by atoms with Gasteiger partial charge in [0.2, 0.25) is 5.91 Å². The summed E-state index contributed by atoms with van der Waals surface area (Å²) in [4.78, 5) is 11.6. The molecular weight excluding hydrogens is 293 g/mol. The molecular formula is C18H22FN3O. The molecule has 1 aromatic carbocycles. The maximum atomic E-state index is 13.1. The van der Waals surface area contributed by atoms with Gasteiger partial charge >= 0.3 is 0 Å². The van der Waals surface area contributed by atoms with E-state index >= 15 is 0 Å². The fourth-order valence-corrected chi connectivity index (χ4v) is 2.50. The molecule has 5 heteroatoms. The van der Waals surface area contributed by atoms with E-state index in [1.807, 2.05) is 38.3 Å². The van der Waals surface area contributed by atoms with Crippen LogP contribution in [-0.4, -0.2) is 16.7 Å². The molecule has 0 saturated heterocycles. The highest BCUT2D eigenvalue weighted by molar-refractivity contribution is 5.84. The maximum absolute atomic E-state index is 13.1. The minimum absolute atomic E-state index is 0.0939. The van der Waals surface area contributed by atoms with Gasteiger partial charge in [0.1, 0.15) is 5.82 Å². The highest BCUT2D eigenvalue weighted by Gasteiger charge is 2.09. The third-order valence-corrected chi connectivity index (χ3v) is 3.54. The molecule has 0 bridgehead atoms. The molecule has 1 heterocycles. The summed E-state index contributed by atoms with van der Waals surface area (Å²) in [6.45, 7) is 7.91. The average molecular weight is 315 g/mol. The smallest absolute Gasteiger partial charge is 0.240 e. The predicted molar refractivity (Wildman–Crippen MR) is 90.4 cm³/mol. The van der Waals surface area contributed by atoms with Crippen LogP contribution in [0.5, 0.6) is 0 Å². The molecule has 23 heavy (non-hydrogen) atoms. The number of nitrogens with zero attached hydrogens (tertiary/aromatic N) is 2. The Morgan fingerprint density at radius 3 is 2.57 bits per heavy atom. The van der Waals surface area contributed by atoms with Gasteiger partial charge in [0.05, 0.1) is 6.21 Å². The topological polar surface area (TPSA) is 46.4 Å². The van der Waals surface area contributed by atoms with Gasteiger partial charge in [-0.25, -0.2) is 9.82 Å². The lowest BCUT2D eigenvalue weighted by Crippen LogP contribution is -2.19. The second kappa shape index (κ2) is 7.22. The second-order valence-electron chi connectivity index (χ2n) is 6.03. The first-order chi connectivity index (χ1) is 10.9. The third-order valence-electron chi connectivity index (χ3n) is 3.54. The number of benzene rings is 1. The highest BCUT2D eigenvalue weighted by Crippen LogP contribution is 2.20. The van der Waals surface area contributed by atoms with Crippen molar-refractivity contribution in [2.75, 3.05) is 0 Å². The largest absolute Gasteiger partial charge is 0.318 e. The van der Waals surface area contributed by atoms with Gasteiger partial charge in [-0.05, 0) is 50.1 Å². The first-order valence-electron chi connectivity index (χ1n) is 7.65. The van der Waals surface area contributed by atoms with Crippen LogP contribution in [0, 0.1) is 25.6 Å². The third kappa shape index (κ3) is 4.28. The molecule has 1 N–H and O–H groups in total. The van der Waals surface area contributed by atoms with Crippen molar-refractivity contribution in [2.45, 2.75) is 34.1 Å². The van der Waals surface area contributed by atoms with Crippen molar-refractivity contribution in [2.24, 2.45) is 11.0 Å². The number of rotatable bonds is 5. The fourth-order valence-electron chi connectivity index (χ4n) is 2.50. The van der Waals surface area contributed by atoms with Crippen LogP contribution in [0.25, 0.3) is 5.69 Å². The Kier molecular flexibility index (Phi) is 5.32. The zero-order valence-electron chi connectivity index (χ0n) is 13.9. The number of halogens is 1. The van der Waals surface area contributed by atoms with Crippen molar-refractivity contribution in [1.82, 2.24) is 9.99 Å². The summed E-state index contributed by atoms with van der Waals surface area (Å²) in [5.74, 6) is -0.0526. The van der Waals surface area contributed by atoms with E-state index in [-0.39, 0.29) is 11.7 Å². The van der Waals surface area contributed by atoms with Gasteiger partial charge in [-0.3, -0.25) is 4.79 Å². The number of aromatic nitrogens is 1. The Labute approximate surface area is 136 Å². The van der Waals surface area contributed by atoms with Crippen molar-refractivity contribution in [3.05, 3.63) is 53.1 Å². The number of carbonyl (C=O) groups excluding carboxylic acids is 1. The lowest BCUT2D eigenvalue weighted by molar-refractivity contribution is -0.121. The molecule has 0 radical (unpaired) electrons. The van der Waals surface area contributed by atoms with Crippen LogP contribution in [0.1, 0.15) is 37.2 Å². The zero-order valence-corrected chi connectivity index (χ0v) is 13.9. The van der Waals surface area contributed by atoms with Crippen LogP contribution in [0.4, 0.5) is 4.39 Å². The summed E-state index contributed by atoms with van der Waals surface area (Å²) in [7, 11) is 0. The molecule has 2 aromatic rings. The molecule has 2 rings (SSSR count). The standard InChI is InChI=1S/C18H22FN3O/c1-12(2)9-18(23)21-20-11-15-10-13(3)22(14(15)4)17-7-5-16(19)6-8-17/h5-8,10-12H,9H2,1-4H3,(H,21,23)/b20-11-. The van der Waals surface area contributed by atoms with Crippen molar-refractivity contribution in [3.63, 3.8) is 0 Å². The monoisotopic (exact) mass is 315 g/mol. The van der Waals surface area contributed by atoms with Gasteiger partial charge in [-0.15, -0.1) is 0 Å². The number of hydrogen-bond acceptors (Lipinski definition) is 2.